The molecule has 0 radical (unpaired) electrons. The van der Waals surface area contributed by atoms with Gasteiger partial charge in [0.2, 0.25) is 0 Å². The van der Waals surface area contributed by atoms with Crippen LogP contribution in [0.25, 0.3) is 0 Å². The van der Waals surface area contributed by atoms with Crippen LogP contribution >= 0.6 is 0 Å². The van der Waals surface area contributed by atoms with E-state index >= 15 is 0 Å². The van der Waals surface area contributed by atoms with Gasteiger partial charge < -0.3 is 10.6 Å². The molecule has 1 amide bonds. The molecule has 21 heavy (non-hydrogen) atoms. The van der Waals surface area contributed by atoms with Crippen LogP contribution in [0, 0.1) is 13.8 Å². The third kappa shape index (κ3) is 3.59. The number of aryl methyl sites for hydroxylation is 2. The number of carbonyl (C=O) groups excluding carboxylic acids is 1. The number of hydrogen-bond donors (Lipinski definition) is 2. The molecule has 112 valence electrons. The minimum Gasteiger partial charge on any atom is -0.370 e. The molecule has 2 N–H and O–H groups in total. The van der Waals surface area contributed by atoms with Crippen LogP contribution in [0.2, 0.25) is 0 Å². The molecule has 2 heterocycles. The molecule has 6 nitrogen and oxygen atoms in total. The first-order valence-corrected chi connectivity index (χ1v) is 6.99. The Bertz CT molecular complexity index is 648. The summed E-state index contributed by atoms with van der Waals surface area (Å²) in [6.07, 6.45) is 1.78. The summed E-state index contributed by atoms with van der Waals surface area (Å²) >= 11 is 0. The van der Waals surface area contributed by atoms with Crippen molar-refractivity contribution < 1.29 is 4.79 Å². The Labute approximate surface area is 124 Å². The first-order valence-electron chi connectivity index (χ1n) is 6.99. The van der Waals surface area contributed by atoms with Crippen molar-refractivity contribution in [2.24, 2.45) is 7.05 Å². The van der Waals surface area contributed by atoms with Crippen molar-refractivity contribution in [1.29, 1.82) is 0 Å². The smallest absolute Gasteiger partial charge is 0.251 e. The van der Waals surface area contributed by atoms with Crippen molar-refractivity contribution >= 4 is 11.7 Å². The lowest BCUT2D eigenvalue weighted by Gasteiger charge is -2.08. The van der Waals surface area contributed by atoms with E-state index in [9.17, 15) is 4.79 Å². The average molecular weight is 287 g/mol. The summed E-state index contributed by atoms with van der Waals surface area (Å²) in [7, 11) is 1.88. The van der Waals surface area contributed by atoms with Crippen LogP contribution in [-0.2, 0) is 13.6 Å². The summed E-state index contributed by atoms with van der Waals surface area (Å²) in [6, 6.07) is 3.55. The molecule has 0 bridgehead atoms. The Morgan fingerprint density at radius 1 is 1.33 bits per heavy atom. The minimum absolute atomic E-state index is 0.108. The fraction of sp³-hybridized carbons (Fsp3) is 0.400. The summed E-state index contributed by atoms with van der Waals surface area (Å²) in [5, 5.41) is 10.2. The molecule has 0 atom stereocenters. The van der Waals surface area contributed by atoms with Gasteiger partial charge in [-0.2, -0.15) is 5.10 Å². The Morgan fingerprint density at radius 2 is 2.10 bits per heavy atom. The maximum absolute atomic E-state index is 12.3. The molecule has 0 spiro atoms. The number of carbonyl (C=O) groups is 1. The van der Waals surface area contributed by atoms with E-state index in [1.54, 1.807) is 23.0 Å². The second-order valence-electron chi connectivity index (χ2n) is 4.97. The lowest BCUT2D eigenvalue weighted by atomic mass is 10.2. The number of aromatic nitrogens is 3. The zero-order chi connectivity index (χ0) is 15.4. The largest absolute Gasteiger partial charge is 0.370 e. The highest BCUT2D eigenvalue weighted by Crippen LogP contribution is 2.11. The third-order valence-corrected chi connectivity index (χ3v) is 3.35. The van der Waals surface area contributed by atoms with Crippen LogP contribution in [0.3, 0.4) is 0 Å². The number of anilines is 1. The van der Waals surface area contributed by atoms with Crippen molar-refractivity contribution in [3.05, 3.63) is 40.8 Å². The summed E-state index contributed by atoms with van der Waals surface area (Å²) in [4.78, 5) is 16.6. The van der Waals surface area contributed by atoms with Crippen LogP contribution in [0.15, 0.2) is 18.3 Å². The lowest BCUT2D eigenvalue weighted by Crippen LogP contribution is -2.23. The molecular weight excluding hydrogens is 266 g/mol. The predicted molar refractivity (Wildman–Crippen MR) is 82.3 cm³/mol. The third-order valence-electron chi connectivity index (χ3n) is 3.35. The average Bonchev–Trinajstić information content (AvgIpc) is 2.76. The van der Waals surface area contributed by atoms with E-state index in [4.69, 9.17) is 0 Å². The monoisotopic (exact) mass is 287 g/mol. The second kappa shape index (κ2) is 6.39. The number of rotatable bonds is 5. The fourth-order valence-electron chi connectivity index (χ4n) is 2.07. The summed E-state index contributed by atoms with van der Waals surface area (Å²) in [5.74, 6) is 0.614. The molecule has 0 saturated heterocycles. The van der Waals surface area contributed by atoms with Crippen molar-refractivity contribution in [2.45, 2.75) is 27.3 Å². The molecule has 2 rings (SSSR count). The van der Waals surface area contributed by atoms with Gasteiger partial charge in [-0.05, 0) is 32.9 Å². The number of hydrogen-bond acceptors (Lipinski definition) is 4. The summed E-state index contributed by atoms with van der Waals surface area (Å²) < 4.78 is 1.79. The van der Waals surface area contributed by atoms with Gasteiger partial charge in [0.15, 0.2) is 0 Å². The van der Waals surface area contributed by atoms with E-state index in [1.807, 2.05) is 27.8 Å². The normalized spacial score (nSPS) is 10.5. The molecule has 6 heteroatoms. The second-order valence-corrected chi connectivity index (χ2v) is 4.97. The van der Waals surface area contributed by atoms with Crippen molar-refractivity contribution in [3.8, 4) is 0 Å². The van der Waals surface area contributed by atoms with E-state index in [2.05, 4.69) is 20.7 Å². The molecule has 2 aromatic rings. The van der Waals surface area contributed by atoms with Gasteiger partial charge in [0.05, 0.1) is 6.20 Å². The van der Waals surface area contributed by atoms with E-state index in [0.29, 0.717) is 12.1 Å². The Morgan fingerprint density at radius 3 is 2.71 bits per heavy atom. The highest BCUT2D eigenvalue weighted by molar-refractivity contribution is 5.94. The summed E-state index contributed by atoms with van der Waals surface area (Å²) in [6.45, 7) is 7.09. The maximum Gasteiger partial charge on any atom is 0.251 e. The van der Waals surface area contributed by atoms with Gasteiger partial charge in [0.25, 0.3) is 5.91 Å². The van der Waals surface area contributed by atoms with E-state index in [0.717, 1.165) is 29.3 Å². The SMILES string of the molecule is CCNc1cc(C(=O)NCc2cnn(C)c2C)cc(C)n1. The van der Waals surface area contributed by atoms with E-state index in [-0.39, 0.29) is 5.91 Å². The molecule has 0 aromatic carbocycles. The van der Waals surface area contributed by atoms with E-state index < -0.39 is 0 Å². The molecule has 0 saturated carbocycles. The van der Waals surface area contributed by atoms with Crippen LogP contribution in [-0.4, -0.2) is 27.2 Å². The van der Waals surface area contributed by atoms with E-state index in [1.165, 1.54) is 0 Å². The lowest BCUT2D eigenvalue weighted by molar-refractivity contribution is 0.0950. The number of nitrogens with zero attached hydrogens (tertiary/aromatic N) is 3. The molecule has 0 aliphatic heterocycles. The van der Waals surface area contributed by atoms with Crippen LogP contribution in [0.1, 0.15) is 34.2 Å². The summed E-state index contributed by atoms with van der Waals surface area (Å²) in [5.41, 5.74) is 3.49. The Kier molecular flexibility index (Phi) is 4.57. The zero-order valence-electron chi connectivity index (χ0n) is 12.9. The fourth-order valence-corrected chi connectivity index (χ4v) is 2.07. The topological polar surface area (TPSA) is 71.8 Å². The van der Waals surface area contributed by atoms with Crippen LogP contribution in [0.4, 0.5) is 5.82 Å². The molecule has 0 aliphatic rings. The van der Waals surface area contributed by atoms with Crippen LogP contribution in [0.5, 0.6) is 0 Å². The van der Waals surface area contributed by atoms with Gasteiger partial charge >= 0.3 is 0 Å². The molecule has 0 unspecified atom stereocenters. The van der Waals surface area contributed by atoms with Crippen molar-refractivity contribution in [3.63, 3.8) is 0 Å². The van der Waals surface area contributed by atoms with Crippen molar-refractivity contribution in [1.82, 2.24) is 20.1 Å². The van der Waals surface area contributed by atoms with Gasteiger partial charge in [-0.15, -0.1) is 0 Å². The number of nitrogens with one attached hydrogen (secondary N) is 2. The van der Waals surface area contributed by atoms with Gasteiger partial charge in [-0.3, -0.25) is 9.48 Å². The predicted octanol–water partition coefficient (Wildman–Crippen LogP) is 1.79. The van der Waals surface area contributed by atoms with Gasteiger partial charge in [-0.25, -0.2) is 4.98 Å². The number of amides is 1. The molecular formula is C15H21N5O. The Balaban J connectivity index is 2.08. The first-order chi connectivity index (χ1) is 10.0. The van der Waals surface area contributed by atoms with Gasteiger partial charge in [0.1, 0.15) is 5.82 Å². The minimum atomic E-state index is -0.108. The Hall–Kier alpha value is -2.37. The maximum atomic E-state index is 12.3. The standard InChI is InChI=1S/C15H21N5O/c1-5-16-14-7-12(6-10(2)19-14)15(21)17-8-13-9-18-20(4)11(13)3/h6-7,9H,5,8H2,1-4H3,(H,16,19)(H,17,21). The van der Waals surface area contributed by atoms with Crippen molar-refractivity contribution in [2.75, 3.05) is 11.9 Å². The first kappa shape index (κ1) is 15.0. The highest BCUT2D eigenvalue weighted by atomic mass is 16.1. The highest BCUT2D eigenvalue weighted by Gasteiger charge is 2.10. The number of pyridine rings is 1. The van der Waals surface area contributed by atoms with Gasteiger partial charge in [-0.1, -0.05) is 0 Å². The molecule has 2 aromatic heterocycles. The van der Waals surface area contributed by atoms with Crippen LogP contribution < -0.4 is 10.6 Å². The molecule has 0 fully saturated rings. The van der Waals surface area contributed by atoms with Gasteiger partial charge in [0, 0.05) is 42.7 Å². The zero-order valence-corrected chi connectivity index (χ0v) is 12.9. The quantitative estimate of drug-likeness (QED) is 0.879. The molecule has 0 aliphatic carbocycles.